The van der Waals surface area contributed by atoms with Gasteiger partial charge in [0.05, 0.1) is 5.69 Å². The van der Waals surface area contributed by atoms with Crippen LogP contribution in [0.2, 0.25) is 0 Å². The summed E-state index contributed by atoms with van der Waals surface area (Å²) in [5, 5.41) is 9.65. The molecule has 0 saturated carbocycles. The fourth-order valence-electron chi connectivity index (χ4n) is 1.79. The molecule has 1 heterocycles. The molecule has 0 aliphatic carbocycles. The zero-order chi connectivity index (χ0) is 15.2. The number of rotatable bonds is 4. The van der Waals surface area contributed by atoms with Crippen LogP contribution >= 0.6 is 15.9 Å². The highest BCUT2D eigenvalue weighted by atomic mass is 79.9. The predicted molar refractivity (Wildman–Crippen MR) is 83.8 cm³/mol. The number of aromatic amines is 1. The molecule has 7 heteroatoms. The van der Waals surface area contributed by atoms with Crippen molar-refractivity contribution in [3.63, 3.8) is 0 Å². The zero-order valence-corrected chi connectivity index (χ0v) is 12.9. The van der Waals surface area contributed by atoms with Gasteiger partial charge in [0, 0.05) is 22.6 Å². The lowest BCUT2D eigenvalue weighted by molar-refractivity contribution is 0.169. The molecule has 2 rings (SSSR count). The number of nitrogens with zero attached hydrogens (tertiary/aromatic N) is 1. The Bertz CT molecular complexity index is 683. The van der Waals surface area contributed by atoms with E-state index in [1.165, 1.54) is 6.07 Å². The number of aryl methyl sites for hydroxylation is 1. The van der Waals surface area contributed by atoms with Crippen LogP contribution in [-0.2, 0) is 4.74 Å². The number of anilines is 1. The molecule has 0 unspecified atom stereocenters. The number of H-pyrrole nitrogens is 1. The largest absolute Gasteiger partial charge is 0.448 e. The van der Waals surface area contributed by atoms with Crippen molar-refractivity contribution in [1.82, 2.24) is 10.2 Å². The van der Waals surface area contributed by atoms with Gasteiger partial charge in [0.25, 0.3) is 5.56 Å². The van der Waals surface area contributed by atoms with Crippen molar-refractivity contribution >= 4 is 27.7 Å². The molecule has 0 spiro atoms. The molecule has 21 heavy (non-hydrogen) atoms. The fraction of sp³-hybridized carbons (Fsp3) is 0.214. The highest BCUT2D eigenvalue weighted by molar-refractivity contribution is 9.09. The summed E-state index contributed by atoms with van der Waals surface area (Å²) >= 11 is 3.17. The number of carbonyl (C=O) groups excluding carboxylic acids is 1. The Hall–Kier alpha value is -2.15. The van der Waals surface area contributed by atoms with Gasteiger partial charge in [-0.1, -0.05) is 28.1 Å². The SMILES string of the molecule is Cc1cc(=O)[nH]nc1-c1ccc(NC(=O)OCCBr)cc1. The van der Waals surface area contributed by atoms with E-state index in [-0.39, 0.29) is 5.56 Å². The van der Waals surface area contributed by atoms with Crippen LogP contribution in [0.5, 0.6) is 0 Å². The van der Waals surface area contributed by atoms with E-state index in [1.54, 1.807) is 12.1 Å². The summed E-state index contributed by atoms with van der Waals surface area (Å²) in [4.78, 5) is 22.6. The Morgan fingerprint density at radius 3 is 2.71 bits per heavy atom. The number of ether oxygens (including phenoxy) is 1. The average molecular weight is 352 g/mol. The lowest BCUT2D eigenvalue weighted by Crippen LogP contribution is -2.14. The van der Waals surface area contributed by atoms with Gasteiger partial charge in [-0.2, -0.15) is 5.10 Å². The Morgan fingerprint density at radius 2 is 2.10 bits per heavy atom. The summed E-state index contributed by atoms with van der Waals surface area (Å²) in [6, 6.07) is 8.61. The maximum atomic E-state index is 11.4. The molecule has 6 nitrogen and oxygen atoms in total. The van der Waals surface area contributed by atoms with Crippen LogP contribution in [-0.4, -0.2) is 28.2 Å². The lowest BCUT2D eigenvalue weighted by atomic mass is 10.1. The molecule has 0 fully saturated rings. The van der Waals surface area contributed by atoms with E-state index in [0.29, 0.717) is 23.3 Å². The molecule has 0 aliphatic heterocycles. The van der Waals surface area contributed by atoms with E-state index in [9.17, 15) is 9.59 Å². The first-order chi connectivity index (χ1) is 10.1. The van der Waals surface area contributed by atoms with Crippen LogP contribution in [0.1, 0.15) is 5.56 Å². The maximum absolute atomic E-state index is 11.4. The van der Waals surface area contributed by atoms with Gasteiger partial charge in [-0.3, -0.25) is 10.1 Å². The Kier molecular flexibility index (Phi) is 5.10. The monoisotopic (exact) mass is 351 g/mol. The highest BCUT2D eigenvalue weighted by Crippen LogP contribution is 2.21. The van der Waals surface area contributed by atoms with E-state index >= 15 is 0 Å². The van der Waals surface area contributed by atoms with Crippen molar-refractivity contribution < 1.29 is 9.53 Å². The van der Waals surface area contributed by atoms with Gasteiger partial charge in [-0.15, -0.1) is 0 Å². The molecule has 0 saturated heterocycles. The third kappa shape index (κ3) is 4.16. The number of carbonyl (C=O) groups is 1. The van der Waals surface area contributed by atoms with Gasteiger partial charge in [-0.25, -0.2) is 9.89 Å². The van der Waals surface area contributed by atoms with E-state index < -0.39 is 6.09 Å². The standard InChI is InChI=1S/C14H14BrN3O3/c1-9-8-12(19)17-18-13(9)10-2-4-11(5-3-10)16-14(20)21-7-6-15/h2-5,8H,6-7H2,1H3,(H,16,20)(H,17,19). The van der Waals surface area contributed by atoms with Crippen LogP contribution < -0.4 is 10.9 Å². The highest BCUT2D eigenvalue weighted by Gasteiger charge is 2.06. The second kappa shape index (κ2) is 7.03. The van der Waals surface area contributed by atoms with E-state index in [4.69, 9.17) is 4.74 Å². The van der Waals surface area contributed by atoms with Crippen molar-refractivity contribution in [3.05, 3.63) is 46.2 Å². The smallest absolute Gasteiger partial charge is 0.411 e. The minimum atomic E-state index is -0.499. The fourth-order valence-corrected chi connectivity index (χ4v) is 1.95. The Labute approximate surface area is 129 Å². The first-order valence-electron chi connectivity index (χ1n) is 6.26. The van der Waals surface area contributed by atoms with Crippen molar-refractivity contribution in [2.45, 2.75) is 6.92 Å². The Morgan fingerprint density at radius 1 is 1.38 bits per heavy atom. The summed E-state index contributed by atoms with van der Waals surface area (Å²) in [5.41, 5.74) is 2.73. The molecule has 1 aromatic heterocycles. The van der Waals surface area contributed by atoms with Crippen LogP contribution in [0.25, 0.3) is 11.3 Å². The molecule has 2 aromatic rings. The summed E-state index contributed by atoms with van der Waals surface area (Å²) < 4.78 is 4.89. The van der Waals surface area contributed by atoms with Gasteiger partial charge in [0.15, 0.2) is 0 Å². The number of halogens is 1. The molecule has 0 radical (unpaired) electrons. The van der Waals surface area contributed by atoms with Crippen molar-refractivity contribution in [3.8, 4) is 11.3 Å². The van der Waals surface area contributed by atoms with Crippen LogP contribution in [0.3, 0.4) is 0 Å². The average Bonchev–Trinajstić information content (AvgIpc) is 2.46. The first-order valence-corrected chi connectivity index (χ1v) is 7.39. The number of benzene rings is 1. The first kappa shape index (κ1) is 15.2. The summed E-state index contributed by atoms with van der Waals surface area (Å²) in [5.74, 6) is 0. The topological polar surface area (TPSA) is 84.1 Å². The van der Waals surface area contributed by atoms with Crippen LogP contribution in [0.4, 0.5) is 10.5 Å². The van der Waals surface area contributed by atoms with Crippen LogP contribution in [0.15, 0.2) is 35.1 Å². The van der Waals surface area contributed by atoms with Crippen LogP contribution in [0, 0.1) is 6.92 Å². The second-order valence-corrected chi connectivity index (χ2v) is 5.08. The van der Waals surface area contributed by atoms with Gasteiger partial charge in [0.2, 0.25) is 0 Å². The molecule has 0 bridgehead atoms. The van der Waals surface area contributed by atoms with Crippen molar-refractivity contribution in [1.29, 1.82) is 0 Å². The molecule has 0 atom stereocenters. The molecular weight excluding hydrogens is 338 g/mol. The number of alkyl halides is 1. The molecule has 110 valence electrons. The minimum absolute atomic E-state index is 0.232. The van der Waals surface area contributed by atoms with E-state index in [2.05, 4.69) is 31.4 Å². The van der Waals surface area contributed by atoms with Gasteiger partial charge in [-0.05, 0) is 24.6 Å². The number of amides is 1. The van der Waals surface area contributed by atoms with Gasteiger partial charge >= 0.3 is 6.09 Å². The summed E-state index contributed by atoms with van der Waals surface area (Å²) in [7, 11) is 0. The van der Waals surface area contributed by atoms with Crippen molar-refractivity contribution in [2.75, 3.05) is 17.3 Å². The van der Waals surface area contributed by atoms with E-state index in [0.717, 1.165) is 11.1 Å². The number of nitrogens with one attached hydrogen (secondary N) is 2. The molecule has 2 N–H and O–H groups in total. The predicted octanol–water partition coefficient (Wildman–Crippen LogP) is 2.69. The molecule has 1 amide bonds. The Balaban J connectivity index is 2.11. The number of hydrogen-bond acceptors (Lipinski definition) is 4. The second-order valence-electron chi connectivity index (χ2n) is 4.29. The number of aromatic nitrogens is 2. The normalized spacial score (nSPS) is 10.2. The minimum Gasteiger partial charge on any atom is -0.448 e. The number of hydrogen-bond donors (Lipinski definition) is 2. The quantitative estimate of drug-likeness (QED) is 0.829. The molecule has 1 aromatic carbocycles. The third-order valence-corrected chi connectivity index (χ3v) is 3.04. The maximum Gasteiger partial charge on any atom is 0.411 e. The molecular formula is C14H14BrN3O3. The lowest BCUT2D eigenvalue weighted by Gasteiger charge is -2.07. The third-order valence-electron chi connectivity index (χ3n) is 2.71. The summed E-state index contributed by atoms with van der Waals surface area (Å²) in [6.07, 6.45) is -0.499. The van der Waals surface area contributed by atoms with Crippen molar-refractivity contribution in [2.24, 2.45) is 0 Å². The van der Waals surface area contributed by atoms with Gasteiger partial charge < -0.3 is 4.74 Å². The summed E-state index contributed by atoms with van der Waals surface area (Å²) in [6.45, 7) is 2.13. The zero-order valence-electron chi connectivity index (χ0n) is 11.4. The van der Waals surface area contributed by atoms with E-state index in [1.807, 2.05) is 19.1 Å². The molecule has 0 aliphatic rings. The van der Waals surface area contributed by atoms with Gasteiger partial charge in [0.1, 0.15) is 6.61 Å².